The van der Waals surface area contributed by atoms with Crippen molar-refractivity contribution in [1.29, 1.82) is 0 Å². The van der Waals surface area contributed by atoms with Crippen LogP contribution in [0, 0.1) is 0 Å². The Balaban J connectivity index is 2.08. The smallest absolute Gasteiger partial charge is 0.307 e. The van der Waals surface area contributed by atoms with Crippen molar-refractivity contribution in [2.45, 2.75) is 37.5 Å². The normalized spacial score (nSPS) is 33.5. The lowest BCUT2D eigenvalue weighted by atomic mass is 9.86. The minimum Gasteiger partial charge on any atom is -0.466 e. The van der Waals surface area contributed by atoms with E-state index in [0.29, 0.717) is 18.3 Å². The molecule has 19 heavy (non-hydrogen) atoms. The van der Waals surface area contributed by atoms with Gasteiger partial charge in [0, 0.05) is 37.0 Å². The Kier molecular flexibility index (Phi) is 5.15. The number of ether oxygens (including phenoxy) is 1. The molecule has 2 unspecified atom stereocenters. The third-order valence-electron chi connectivity index (χ3n) is 4.55. The van der Waals surface area contributed by atoms with Crippen LogP contribution in [0.3, 0.4) is 0 Å². The molecule has 0 N–H and O–H groups in total. The first-order valence-corrected chi connectivity index (χ1v) is 8.34. The van der Waals surface area contributed by atoms with Gasteiger partial charge in [-0.05, 0) is 26.1 Å². The van der Waals surface area contributed by atoms with Crippen molar-refractivity contribution in [3.63, 3.8) is 0 Å². The maximum Gasteiger partial charge on any atom is 0.307 e. The summed E-state index contributed by atoms with van der Waals surface area (Å²) in [5, 5.41) is 0.514. The van der Waals surface area contributed by atoms with E-state index in [-0.39, 0.29) is 11.5 Å². The number of hydrogen-bond acceptors (Lipinski definition) is 5. The first-order chi connectivity index (χ1) is 9.08. The first kappa shape index (κ1) is 15.1. The van der Waals surface area contributed by atoms with Crippen LogP contribution in [0.15, 0.2) is 0 Å². The van der Waals surface area contributed by atoms with Crippen LogP contribution in [0.5, 0.6) is 0 Å². The molecule has 2 atom stereocenters. The van der Waals surface area contributed by atoms with Gasteiger partial charge in [-0.3, -0.25) is 9.69 Å². The number of rotatable bonds is 4. The Morgan fingerprint density at radius 3 is 2.58 bits per heavy atom. The summed E-state index contributed by atoms with van der Waals surface area (Å²) in [6.45, 7) is 8.98. The fourth-order valence-electron chi connectivity index (χ4n) is 3.24. The van der Waals surface area contributed by atoms with E-state index in [1.54, 1.807) is 0 Å². The van der Waals surface area contributed by atoms with Crippen LogP contribution in [0.25, 0.3) is 0 Å². The third kappa shape index (κ3) is 3.26. The molecule has 0 aliphatic carbocycles. The lowest BCUT2D eigenvalue weighted by Crippen LogP contribution is -2.59. The van der Waals surface area contributed by atoms with Gasteiger partial charge < -0.3 is 9.64 Å². The highest BCUT2D eigenvalue weighted by Crippen LogP contribution is 2.43. The van der Waals surface area contributed by atoms with Gasteiger partial charge in [0.05, 0.1) is 13.0 Å². The minimum atomic E-state index is -0.0317. The van der Waals surface area contributed by atoms with Crippen molar-refractivity contribution >= 4 is 17.7 Å². The second-order valence-electron chi connectivity index (χ2n) is 5.64. The number of thioether (sulfide) groups is 1. The van der Waals surface area contributed by atoms with Gasteiger partial charge in [0.2, 0.25) is 0 Å². The number of piperazine rings is 1. The molecule has 2 rings (SSSR count). The fraction of sp³-hybridized carbons (Fsp3) is 0.929. The molecule has 2 saturated heterocycles. The quantitative estimate of drug-likeness (QED) is 0.731. The lowest BCUT2D eigenvalue weighted by molar-refractivity contribution is -0.147. The predicted octanol–water partition coefficient (Wildman–Crippen LogP) is 1.45. The number of nitrogens with zero attached hydrogens (tertiary/aromatic N) is 2. The molecule has 0 radical (unpaired) electrons. The minimum absolute atomic E-state index is 0.0260. The molecule has 110 valence electrons. The summed E-state index contributed by atoms with van der Waals surface area (Å²) < 4.78 is 5.20. The van der Waals surface area contributed by atoms with Crippen molar-refractivity contribution in [3.05, 3.63) is 0 Å². The zero-order chi connectivity index (χ0) is 13.9. The summed E-state index contributed by atoms with van der Waals surface area (Å²) >= 11 is 2.00. The van der Waals surface area contributed by atoms with Crippen LogP contribution in [-0.4, -0.2) is 72.1 Å². The summed E-state index contributed by atoms with van der Waals surface area (Å²) in [6.07, 6.45) is 1.67. The van der Waals surface area contributed by atoms with Gasteiger partial charge in [-0.2, -0.15) is 11.8 Å². The second-order valence-corrected chi connectivity index (χ2v) is 7.09. The van der Waals surface area contributed by atoms with Crippen molar-refractivity contribution in [2.24, 2.45) is 0 Å². The van der Waals surface area contributed by atoms with Crippen LogP contribution in [0.2, 0.25) is 0 Å². The molecule has 0 spiro atoms. The molecule has 2 fully saturated rings. The average Bonchev–Trinajstić information content (AvgIpc) is 2.73. The molecule has 0 amide bonds. The molecule has 2 heterocycles. The van der Waals surface area contributed by atoms with Crippen LogP contribution < -0.4 is 0 Å². The van der Waals surface area contributed by atoms with Crippen molar-refractivity contribution in [2.75, 3.05) is 45.6 Å². The van der Waals surface area contributed by atoms with Crippen molar-refractivity contribution < 1.29 is 9.53 Å². The van der Waals surface area contributed by atoms with Crippen LogP contribution in [-0.2, 0) is 9.53 Å². The lowest BCUT2D eigenvalue weighted by Gasteiger charge is -2.47. The number of carbonyl (C=O) groups is 1. The number of carbonyl (C=O) groups excluding carboxylic acids is 1. The van der Waals surface area contributed by atoms with Crippen LogP contribution in [0.4, 0.5) is 0 Å². The highest BCUT2D eigenvalue weighted by atomic mass is 32.2. The van der Waals surface area contributed by atoms with E-state index >= 15 is 0 Å². The average molecular weight is 286 g/mol. The molecule has 0 aromatic rings. The van der Waals surface area contributed by atoms with E-state index < -0.39 is 0 Å². The first-order valence-electron chi connectivity index (χ1n) is 7.29. The van der Waals surface area contributed by atoms with Gasteiger partial charge in [-0.25, -0.2) is 0 Å². The zero-order valence-electron chi connectivity index (χ0n) is 12.4. The topological polar surface area (TPSA) is 32.8 Å². The van der Waals surface area contributed by atoms with Gasteiger partial charge in [-0.15, -0.1) is 0 Å². The molecular formula is C14H26N2O2S. The molecule has 4 nitrogen and oxygen atoms in total. The number of esters is 1. The Morgan fingerprint density at radius 1 is 1.37 bits per heavy atom. The summed E-state index contributed by atoms with van der Waals surface area (Å²) in [6, 6.07) is 0. The van der Waals surface area contributed by atoms with E-state index in [1.165, 1.54) is 0 Å². The summed E-state index contributed by atoms with van der Waals surface area (Å²) in [4.78, 5) is 16.9. The molecule has 5 heteroatoms. The molecular weight excluding hydrogens is 260 g/mol. The fourth-order valence-corrected chi connectivity index (χ4v) is 4.73. The largest absolute Gasteiger partial charge is 0.466 e. The van der Waals surface area contributed by atoms with Gasteiger partial charge in [0.25, 0.3) is 0 Å². The SMILES string of the molecule is CCOC(=O)CC1(N2CCN(C)CC2)CCSC1C. The van der Waals surface area contributed by atoms with E-state index in [0.717, 1.165) is 38.4 Å². The molecule has 2 aliphatic heterocycles. The summed E-state index contributed by atoms with van der Waals surface area (Å²) in [7, 11) is 2.17. The van der Waals surface area contributed by atoms with E-state index in [2.05, 4.69) is 23.8 Å². The highest BCUT2D eigenvalue weighted by Gasteiger charge is 2.47. The standard InChI is InChI=1S/C14H26N2O2S/c1-4-18-13(17)11-14(5-10-19-12(14)2)16-8-6-15(3)7-9-16/h12H,4-11H2,1-3H3. The summed E-state index contributed by atoms with van der Waals surface area (Å²) in [5.41, 5.74) is 0.0260. The molecule has 0 saturated carbocycles. The number of likely N-dealkylation sites (N-methyl/N-ethyl adjacent to an activating group) is 1. The monoisotopic (exact) mass is 286 g/mol. The highest BCUT2D eigenvalue weighted by molar-refractivity contribution is 8.00. The van der Waals surface area contributed by atoms with Gasteiger partial charge in [0.15, 0.2) is 0 Å². The second kappa shape index (κ2) is 6.46. The Morgan fingerprint density at radius 2 is 2.05 bits per heavy atom. The van der Waals surface area contributed by atoms with Crippen molar-refractivity contribution in [1.82, 2.24) is 9.80 Å². The zero-order valence-corrected chi connectivity index (χ0v) is 13.2. The maximum atomic E-state index is 12.0. The Hall–Kier alpha value is -0.260. The third-order valence-corrected chi connectivity index (χ3v) is 5.93. The van der Waals surface area contributed by atoms with E-state index in [9.17, 15) is 4.79 Å². The van der Waals surface area contributed by atoms with Gasteiger partial charge in [-0.1, -0.05) is 6.92 Å². The molecule has 2 aliphatic rings. The molecule has 0 aromatic heterocycles. The Bertz CT molecular complexity index is 319. The summed E-state index contributed by atoms with van der Waals surface area (Å²) in [5.74, 6) is 1.13. The Labute approximate surface area is 120 Å². The van der Waals surface area contributed by atoms with Crippen molar-refractivity contribution in [3.8, 4) is 0 Å². The van der Waals surface area contributed by atoms with E-state index in [4.69, 9.17) is 4.74 Å². The molecule has 0 aromatic carbocycles. The van der Waals surface area contributed by atoms with E-state index in [1.807, 2.05) is 18.7 Å². The maximum absolute atomic E-state index is 12.0. The van der Waals surface area contributed by atoms with Gasteiger partial charge in [0.1, 0.15) is 0 Å². The molecule has 0 bridgehead atoms. The number of hydrogen-bond donors (Lipinski definition) is 0. The predicted molar refractivity (Wildman–Crippen MR) is 79.6 cm³/mol. The van der Waals surface area contributed by atoms with Gasteiger partial charge >= 0.3 is 5.97 Å². The van der Waals surface area contributed by atoms with Crippen LogP contribution >= 0.6 is 11.8 Å². The van der Waals surface area contributed by atoms with Crippen LogP contribution in [0.1, 0.15) is 26.7 Å².